The molecule has 0 radical (unpaired) electrons. The van der Waals surface area contributed by atoms with Crippen molar-refractivity contribution in [3.8, 4) is 0 Å². The molecule has 0 aromatic carbocycles. The standard InChI is InChI=1S/C15H26N4O/c1-5-12-10-19(6-7-20-12)14-9-17-15(11(2)3)18-13(14)8-16-4/h9,11-12,16H,5-8,10H2,1-4H3. The third-order valence-corrected chi connectivity index (χ3v) is 3.66. The predicted octanol–water partition coefficient (Wildman–Crippen LogP) is 1.93. The van der Waals surface area contributed by atoms with Gasteiger partial charge in [0.2, 0.25) is 0 Å². The number of ether oxygens (including phenoxy) is 1. The summed E-state index contributed by atoms with van der Waals surface area (Å²) in [6, 6.07) is 0. The molecule has 1 aromatic heterocycles. The Morgan fingerprint density at radius 3 is 2.95 bits per heavy atom. The van der Waals surface area contributed by atoms with E-state index in [-0.39, 0.29) is 0 Å². The van der Waals surface area contributed by atoms with E-state index in [1.807, 2.05) is 13.2 Å². The van der Waals surface area contributed by atoms with E-state index in [0.717, 1.165) is 49.9 Å². The second-order valence-corrected chi connectivity index (χ2v) is 5.59. The van der Waals surface area contributed by atoms with Crippen molar-refractivity contribution < 1.29 is 4.74 Å². The minimum atomic E-state index is 0.316. The van der Waals surface area contributed by atoms with Crippen LogP contribution in [0.4, 0.5) is 5.69 Å². The third-order valence-electron chi connectivity index (χ3n) is 3.66. The van der Waals surface area contributed by atoms with E-state index < -0.39 is 0 Å². The molecule has 1 N–H and O–H groups in total. The predicted molar refractivity (Wildman–Crippen MR) is 81.1 cm³/mol. The Bertz CT molecular complexity index is 436. The van der Waals surface area contributed by atoms with E-state index in [1.54, 1.807) is 0 Å². The Morgan fingerprint density at radius 1 is 1.50 bits per heavy atom. The van der Waals surface area contributed by atoms with Gasteiger partial charge in [-0.05, 0) is 13.5 Å². The molecule has 2 heterocycles. The van der Waals surface area contributed by atoms with E-state index in [2.05, 4.69) is 36.0 Å². The summed E-state index contributed by atoms with van der Waals surface area (Å²) in [7, 11) is 1.95. The number of morpholine rings is 1. The molecule has 0 aliphatic carbocycles. The summed E-state index contributed by atoms with van der Waals surface area (Å²) >= 11 is 0. The molecule has 1 unspecified atom stereocenters. The summed E-state index contributed by atoms with van der Waals surface area (Å²) in [6.45, 7) is 9.81. The third kappa shape index (κ3) is 3.46. The molecule has 5 heteroatoms. The monoisotopic (exact) mass is 278 g/mol. The Balaban J connectivity index is 2.25. The molecule has 1 saturated heterocycles. The highest BCUT2D eigenvalue weighted by Gasteiger charge is 2.22. The van der Waals surface area contributed by atoms with Gasteiger partial charge in [0.15, 0.2) is 0 Å². The second kappa shape index (κ2) is 6.99. The van der Waals surface area contributed by atoms with Gasteiger partial charge in [0, 0.05) is 25.6 Å². The van der Waals surface area contributed by atoms with Crippen LogP contribution in [0.2, 0.25) is 0 Å². The van der Waals surface area contributed by atoms with Crippen LogP contribution >= 0.6 is 0 Å². The van der Waals surface area contributed by atoms with E-state index in [0.29, 0.717) is 12.0 Å². The van der Waals surface area contributed by atoms with Crippen LogP contribution in [0, 0.1) is 0 Å². The first kappa shape index (κ1) is 15.2. The molecule has 1 aliphatic rings. The molecule has 112 valence electrons. The fourth-order valence-corrected chi connectivity index (χ4v) is 2.45. The minimum absolute atomic E-state index is 0.316. The van der Waals surface area contributed by atoms with Crippen molar-refractivity contribution in [2.24, 2.45) is 0 Å². The Kier molecular flexibility index (Phi) is 5.31. The van der Waals surface area contributed by atoms with Crippen molar-refractivity contribution in [2.75, 3.05) is 31.6 Å². The smallest absolute Gasteiger partial charge is 0.131 e. The first-order valence-corrected chi connectivity index (χ1v) is 7.52. The topological polar surface area (TPSA) is 50.3 Å². The zero-order valence-corrected chi connectivity index (χ0v) is 13.0. The van der Waals surface area contributed by atoms with Crippen LogP contribution < -0.4 is 10.2 Å². The molecule has 2 rings (SSSR count). The van der Waals surface area contributed by atoms with Gasteiger partial charge in [-0.3, -0.25) is 0 Å². The molecule has 1 aliphatic heterocycles. The van der Waals surface area contributed by atoms with E-state index >= 15 is 0 Å². The average molecular weight is 278 g/mol. The van der Waals surface area contributed by atoms with Gasteiger partial charge in [0.1, 0.15) is 5.82 Å². The average Bonchev–Trinajstić information content (AvgIpc) is 2.47. The number of anilines is 1. The van der Waals surface area contributed by atoms with E-state index in [1.165, 1.54) is 0 Å². The Labute approximate surface area is 121 Å². The van der Waals surface area contributed by atoms with Crippen LogP contribution in [0.5, 0.6) is 0 Å². The molecule has 0 saturated carbocycles. The van der Waals surface area contributed by atoms with Gasteiger partial charge in [-0.1, -0.05) is 20.8 Å². The highest BCUT2D eigenvalue weighted by Crippen LogP contribution is 2.23. The molecule has 0 spiro atoms. The summed E-state index contributed by atoms with van der Waals surface area (Å²) in [5.41, 5.74) is 2.23. The van der Waals surface area contributed by atoms with Crippen LogP contribution in [0.25, 0.3) is 0 Å². The van der Waals surface area contributed by atoms with Gasteiger partial charge < -0.3 is 15.0 Å². The quantitative estimate of drug-likeness (QED) is 0.892. The lowest BCUT2D eigenvalue weighted by Crippen LogP contribution is -2.43. The molecule has 0 bridgehead atoms. The maximum Gasteiger partial charge on any atom is 0.131 e. The van der Waals surface area contributed by atoms with Crippen LogP contribution in [0.15, 0.2) is 6.20 Å². The van der Waals surface area contributed by atoms with Gasteiger partial charge >= 0.3 is 0 Å². The van der Waals surface area contributed by atoms with Crippen LogP contribution in [0.3, 0.4) is 0 Å². The lowest BCUT2D eigenvalue weighted by atomic mass is 10.1. The van der Waals surface area contributed by atoms with Crippen LogP contribution in [0.1, 0.15) is 44.6 Å². The highest BCUT2D eigenvalue weighted by atomic mass is 16.5. The number of hydrogen-bond donors (Lipinski definition) is 1. The lowest BCUT2D eigenvalue weighted by Gasteiger charge is -2.34. The van der Waals surface area contributed by atoms with Gasteiger partial charge in [-0.15, -0.1) is 0 Å². The molecular formula is C15H26N4O. The summed E-state index contributed by atoms with van der Waals surface area (Å²) < 4.78 is 5.74. The maximum atomic E-state index is 5.74. The molecular weight excluding hydrogens is 252 g/mol. The van der Waals surface area contributed by atoms with Crippen molar-refractivity contribution in [1.29, 1.82) is 0 Å². The van der Waals surface area contributed by atoms with Crippen molar-refractivity contribution >= 4 is 5.69 Å². The van der Waals surface area contributed by atoms with Crippen molar-refractivity contribution in [3.05, 3.63) is 17.7 Å². The van der Waals surface area contributed by atoms with Gasteiger partial charge in [0.05, 0.1) is 30.3 Å². The molecule has 1 fully saturated rings. The molecule has 1 aromatic rings. The van der Waals surface area contributed by atoms with E-state index in [4.69, 9.17) is 9.72 Å². The summed E-state index contributed by atoms with van der Waals surface area (Å²) in [6.07, 6.45) is 3.34. The largest absolute Gasteiger partial charge is 0.375 e. The van der Waals surface area contributed by atoms with Gasteiger partial charge in [0.25, 0.3) is 0 Å². The minimum Gasteiger partial charge on any atom is -0.375 e. The Morgan fingerprint density at radius 2 is 2.30 bits per heavy atom. The highest BCUT2D eigenvalue weighted by molar-refractivity contribution is 5.49. The van der Waals surface area contributed by atoms with Crippen LogP contribution in [-0.2, 0) is 11.3 Å². The molecule has 20 heavy (non-hydrogen) atoms. The zero-order valence-electron chi connectivity index (χ0n) is 13.0. The zero-order chi connectivity index (χ0) is 14.5. The molecule has 5 nitrogen and oxygen atoms in total. The molecule has 1 atom stereocenters. The second-order valence-electron chi connectivity index (χ2n) is 5.59. The van der Waals surface area contributed by atoms with Gasteiger partial charge in [-0.2, -0.15) is 0 Å². The summed E-state index contributed by atoms with van der Waals surface area (Å²) in [5.74, 6) is 1.27. The lowest BCUT2D eigenvalue weighted by molar-refractivity contribution is 0.0383. The SMILES string of the molecule is CCC1CN(c2cnc(C(C)C)nc2CNC)CCO1. The number of aromatic nitrogens is 2. The first-order valence-electron chi connectivity index (χ1n) is 7.52. The first-order chi connectivity index (χ1) is 9.65. The van der Waals surface area contributed by atoms with Crippen LogP contribution in [-0.4, -0.2) is 42.8 Å². The van der Waals surface area contributed by atoms with Crippen molar-refractivity contribution in [3.63, 3.8) is 0 Å². The van der Waals surface area contributed by atoms with Crippen molar-refractivity contribution in [2.45, 2.75) is 45.8 Å². The number of hydrogen-bond acceptors (Lipinski definition) is 5. The van der Waals surface area contributed by atoms with E-state index in [9.17, 15) is 0 Å². The van der Waals surface area contributed by atoms with Gasteiger partial charge in [-0.25, -0.2) is 9.97 Å². The summed E-state index contributed by atoms with van der Waals surface area (Å²) in [5, 5.41) is 3.21. The van der Waals surface area contributed by atoms with Crippen molar-refractivity contribution in [1.82, 2.24) is 15.3 Å². The number of rotatable bonds is 5. The normalized spacial score (nSPS) is 19.6. The maximum absolute atomic E-state index is 5.74. The fourth-order valence-electron chi connectivity index (χ4n) is 2.45. The number of nitrogens with zero attached hydrogens (tertiary/aromatic N) is 3. The Hall–Kier alpha value is -1.20. The summed E-state index contributed by atoms with van der Waals surface area (Å²) in [4.78, 5) is 11.6. The molecule has 0 amide bonds. The fraction of sp³-hybridized carbons (Fsp3) is 0.733. The number of nitrogens with one attached hydrogen (secondary N) is 1.